The molecule has 0 radical (unpaired) electrons. The number of carbonyl (C=O) groups excluding carboxylic acids is 1. The van der Waals surface area contributed by atoms with Crippen LogP contribution in [0.3, 0.4) is 0 Å². The third-order valence-corrected chi connectivity index (χ3v) is 5.20. The van der Waals surface area contributed by atoms with Crippen molar-refractivity contribution >= 4 is 33.0 Å². The summed E-state index contributed by atoms with van der Waals surface area (Å²) in [7, 11) is 0. The number of nitrogen functional groups attached to an aromatic ring is 1. The van der Waals surface area contributed by atoms with Crippen LogP contribution in [0.1, 0.15) is 40.8 Å². The van der Waals surface area contributed by atoms with Crippen molar-refractivity contribution in [3.05, 3.63) is 22.3 Å². The number of pyridine rings is 1. The minimum atomic E-state index is 0.0696. The first kappa shape index (κ1) is 14.3. The second-order valence-electron chi connectivity index (χ2n) is 5.85. The van der Waals surface area contributed by atoms with E-state index in [1.165, 1.54) is 24.2 Å². The smallest absolute Gasteiger partial charge is 0.266 e. The molecule has 112 valence electrons. The second-order valence-corrected chi connectivity index (χ2v) is 6.91. The predicted molar refractivity (Wildman–Crippen MR) is 87.8 cm³/mol. The van der Waals surface area contributed by atoms with Gasteiger partial charge in [0.05, 0.1) is 5.69 Å². The fourth-order valence-electron chi connectivity index (χ4n) is 2.75. The van der Waals surface area contributed by atoms with Gasteiger partial charge in [-0.15, -0.1) is 11.3 Å². The van der Waals surface area contributed by atoms with Crippen molar-refractivity contribution in [2.45, 2.75) is 33.6 Å². The summed E-state index contributed by atoms with van der Waals surface area (Å²) in [5.41, 5.74) is 8.72. The van der Waals surface area contributed by atoms with Gasteiger partial charge in [-0.2, -0.15) is 0 Å². The van der Waals surface area contributed by atoms with Gasteiger partial charge in [0.2, 0.25) is 0 Å². The highest BCUT2D eigenvalue weighted by atomic mass is 32.1. The zero-order valence-corrected chi connectivity index (χ0v) is 13.6. The first-order valence-corrected chi connectivity index (χ1v) is 8.28. The lowest BCUT2D eigenvalue weighted by atomic mass is 10.2. The van der Waals surface area contributed by atoms with E-state index < -0.39 is 0 Å². The molecule has 21 heavy (non-hydrogen) atoms. The largest absolute Gasteiger partial charge is 0.397 e. The van der Waals surface area contributed by atoms with Crippen molar-refractivity contribution in [1.82, 2.24) is 9.88 Å². The highest BCUT2D eigenvalue weighted by molar-refractivity contribution is 7.21. The minimum absolute atomic E-state index is 0.0696. The first-order valence-electron chi connectivity index (χ1n) is 7.46. The van der Waals surface area contributed by atoms with E-state index in [1.807, 2.05) is 31.7 Å². The van der Waals surface area contributed by atoms with Gasteiger partial charge >= 0.3 is 0 Å². The number of fused-ring (bicyclic) bond motifs is 1. The molecule has 0 saturated heterocycles. The number of thiophene rings is 1. The molecule has 0 unspecified atom stereocenters. The quantitative estimate of drug-likeness (QED) is 0.942. The molecule has 5 heteroatoms. The number of hydrogen-bond acceptors (Lipinski definition) is 4. The Morgan fingerprint density at radius 2 is 2.19 bits per heavy atom. The predicted octanol–water partition coefficient (Wildman–Crippen LogP) is 3.37. The molecule has 2 aromatic rings. The van der Waals surface area contributed by atoms with E-state index in [2.05, 4.69) is 4.98 Å². The van der Waals surface area contributed by atoms with E-state index in [9.17, 15) is 4.79 Å². The van der Waals surface area contributed by atoms with Crippen molar-refractivity contribution in [2.24, 2.45) is 5.92 Å². The van der Waals surface area contributed by atoms with Crippen LogP contribution in [-0.2, 0) is 0 Å². The lowest BCUT2D eigenvalue weighted by molar-refractivity contribution is 0.0763. The molecule has 4 nitrogen and oxygen atoms in total. The molecule has 1 amide bonds. The summed E-state index contributed by atoms with van der Waals surface area (Å²) in [5, 5.41) is 0.941. The van der Waals surface area contributed by atoms with Crippen LogP contribution in [-0.4, -0.2) is 28.9 Å². The number of anilines is 1. The van der Waals surface area contributed by atoms with Crippen LogP contribution in [0.4, 0.5) is 5.69 Å². The summed E-state index contributed by atoms with van der Waals surface area (Å²) in [6.07, 6.45) is 2.49. The van der Waals surface area contributed by atoms with E-state index in [4.69, 9.17) is 5.73 Å². The zero-order chi connectivity index (χ0) is 15.1. The van der Waals surface area contributed by atoms with Gasteiger partial charge in [-0.1, -0.05) is 0 Å². The third-order valence-electron chi connectivity index (χ3n) is 4.06. The van der Waals surface area contributed by atoms with Crippen LogP contribution in [0.2, 0.25) is 0 Å². The van der Waals surface area contributed by atoms with E-state index in [1.54, 1.807) is 0 Å². The van der Waals surface area contributed by atoms with Crippen molar-refractivity contribution < 1.29 is 4.79 Å². The summed E-state index contributed by atoms with van der Waals surface area (Å²) in [6.45, 7) is 7.54. The second kappa shape index (κ2) is 5.30. The Balaban J connectivity index is 2.01. The van der Waals surface area contributed by atoms with Crippen LogP contribution in [0.15, 0.2) is 6.07 Å². The maximum absolute atomic E-state index is 12.8. The molecule has 1 fully saturated rings. The Morgan fingerprint density at radius 1 is 1.48 bits per heavy atom. The summed E-state index contributed by atoms with van der Waals surface area (Å²) in [5.74, 6) is 0.760. The van der Waals surface area contributed by atoms with E-state index in [-0.39, 0.29) is 5.91 Å². The highest BCUT2D eigenvalue weighted by Gasteiger charge is 2.28. The Labute approximate surface area is 129 Å². The van der Waals surface area contributed by atoms with Gasteiger partial charge in [-0.05, 0) is 45.6 Å². The van der Waals surface area contributed by atoms with Crippen LogP contribution in [0, 0.1) is 19.8 Å². The van der Waals surface area contributed by atoms with Crippen LogP contribution < -0.4 is 5.73 Å². The molecule has 2 heterocycles. The summed E-state index contributed by atoms with van der Waals surface area (Å²) < 4.78 is 1.06. The number of rotatable bonds is 4. The van der Waals surface area contributed by atoms with Gasteiger partial charge in [-0.3, -0.25) is 9.78 Å². The summed E-state index contributed by atoms with van der Waals surface area (Å²) in [6, 6.07) is 2.01. The fraction of sp³-hybridized carbons (Fsp3) is 0.500. The average Bonchev–Trinajstić information content (AvgIpc) is 3.18. The van der Waals surface area contributed by atoms with Crippen molar-refractivity contribution in [3.8, 4) is 0 Å². The molecule has 0 atom stereocenters. The molecule has 2 N–H and O–H groups in total. The van der Waals surface area contributed by atoms with Crippen LogP contribution in [0.25, 0.3) is 10.1 Å². The maximum atomic E-state index is 12.8. The number of hydrogen-bond donors (Lipinski definition) is 1. The van der Waals surface area contributed by atoms with Gasteiger partial charge in [0, 0.05) is 34.6 Å². The number of nitrogens with zero attached hydrogens (tertiary/aromatic N) is 2. The molecule has 0 bridgehead atoms. The molecule has 1 aliphatic rings. The maximum Gasteiger partial charge on any atom is 0.266 e. The van der Waals surface area contributed by atoms with Gasteiger partial charge in [0.15, 0.2) is 0 Å². The Bertz CT molecular complexity index is 703. The summed E-state index contributed by atoms with van der Waals surface area (Å²) >= 11 is 1.50. The SMILES string of the molecule is CCN(CC1CC1)C(=O)c1sc2cc(C)nc(C)c2c1N. The standard InChI is InChI=1S/C16H21N3OS/c1-4-19(8-11-5-6-11)16(20)15-14(17)13-10(3)18-9(2)7-12(13)21-15/h7,11H,4-6,8,17H2,1-3H3. The Kier molecular flexibility index (Phi) is 3.61. The molecular weight excluding hydrogens is 282 g/mol. The third kappa shape index (κ3) is 2.62. The number of aryl methyl sites for hydroxylation is 2. The van der Waals surface area contributed by atoms with Crippen molar-refractivity contribution in [2.75, 3.05) is 18.8 Å². The molecule has 0 spiro atoms. The Hall–Kier alpha value is -1.62. The summed E-state index contributed by atoms with van der Waals surface area (Å²) in [4.78, 5) is 19.8. The first-order chi connectivity index (χ1) is 10.0. The van der Waals surface area contributed by atoms with E-state index in [0.717, 1.165) is 34.6 Å². The van der Waals surface area contributed by atoms with E-state index >= 15 is 0 Å². The highest BCUT2D eigenvalue weighted by Crippen LogP contribution is 2.37. The topological polar surface area (TPSA) is 59.2 Å². The normalized spacial score (nSPS) is 14.6. The van der Waals surface area contributed by atoms with Crippen molar-refractivity contribution in [1.29, 1.82) is 0 Å². The molecule has 1 aliphatic carbocycles. The zero-order valence-electron chi connectivity index (χ0n) is 12.8. The van der Waals surface area contributed by atoms with Crippen LogP contribution >= 0.6 is 11.3 Å². The number of aromatic nitrogens is 1. The molecule has 2 aromatic heterocycles. The molecular formula is C16H21N3OS. The Morgan fingerprint density at radius 3 is 2.81 bits per heavy atom. The molecule has 0 aromatic carbocycles. The molecule has 0 aliphatic heterocycles. The number of nitrogens with two attached hydrogens (primary N) is 1. The van der Waals surface area contributed by atoms with Gasteiger partial charge in [0.25, 0.3) is 5.91 Å². The van der Waals surface area contributed by atoms with Gasteiger partial charge in [0.1, 0.15) is 4.88 Å². The van der Waals surface area contributed by atoms with E-state index in [0.29, 0.717) is 16.5 Å². The van der Waals surface area contributed by atoms with Gasteiger partial charge < -0.3 is 10.6 Å². The number of amides is 1. The number of carbonyl (C=O) groups is 1. The average molecular weight is 303 g/mol. The van der Waals surface area contributed by atoms with Gasteiger partial charge in [-0.25, -0.2) is 0 Å². The lowest BCUT2D eigenvalue weighted by Crippen LogP contribution is -2.32. The monoisotopic (exact) mass is 303 g/mol. The minimum Gasteiger partial charge on any atom is -0.397 e. The molecule has 3 rings (SSSR count). The molecule has 1 saturated carbocycles. The van der Waals surface area contributed by atoms with Crippen molar-refractivity contribution in [3.63, 3.8) is 0 Å². The van der Waals surface area contributed by atoms with Crippen LogP contribution in [0.5, 0.6) is 0 Å². The lowest BCUT2D eigenvalue weighted by Gasteiger charge is -2.20. The fourth-order valence-corrected chi connectivity index (χ4v) is 3.99.